The Kier molecular flexibility index (Phi) is 2.84. The predicted octanol–water partition coefficient (Wildman–Crippen LogP) is 2.11. The Morgan fingerprint density at radius 2 is 1.88 bits per heavy atom. The summed E-state index contributed by atoms with van der Waals surface area (Å²) in [6.07, 6.45) is 5.26. The van der Waals surface area contributed by atoms with Crippen LogP contribution in [0.3, 0.4) is 0 Å². The third-order valence-corrected chi connectivity index (χ3v) is 5.63. The molecule has 0 aromatic heterocycles. The van der Waals surface area contributed by atoms with E-state index in [9.17, 15) is 9.59 Å². The van der Waals surface area contributed by atoms with Crippen molar-refractivity contribution >= 4 is 29.2 Å². The molecule has 126 valence electrons. The number of allylic oxidation sites excluding steroid dienone is 1. The Morgan fingerprint density at radius 3 is 2.60 bits per heavy atom. The van der Waals surface area contributed by atoms with Gasteiger partial charge in [0, 0.05) is 6.92 Å². The second kappa shape index (κ2) is 4.88. The minimum atomic E-state index is -0.165. The Hall–Kier alpha value is -2.76. The second-order valence-corrected chi connectivity index (χ2v) is 7.21. The van der Waals surface area contributed by atoms with Gasteiger partial charge < -0.3 is 0 Å². The van der Waals surface area contributed by atoms with Gasteiger partial charge >= 0.3 is 0 Å². The number of nitrogens with zero attached hydrogens (tertiary/aromatic N) is 4. The number of rotatable bonds is 2. The molecule has 4 atom stereocenters. The van der Waals surface area contributed by atoms with Gasteiger partial charge in [-0.2, -0.15) is 10.0 Å². The number of guanidine groups is 1. The van der Waals surface area contributed by atoms with Crippen molar-refractivity contribution in [2.45, 2.75) is 26.3 Å². The van der Waals surface area contributed by atoms with Crippen LogP contribution in [0.5, 0.6) is 0 Å². The lowest BCUT2D eigenvalue weighted by Gasteiger charge is -2.38. The van der Waals surface area contributed by atoms with Gasteiger partial charge in [0.1, 0.15) is 0 Å². The lowest BCUT2D eigenvalue weighted by atomic mass is 9.86. The normalized spacial score (nSPS) is 31.8. The maximum atomic E-state index is 12.7. The molecule has 25 heavy (non-hydrogen) atoms. The van der Waals surface area contributed by atoms with Crippen molar-refractivity contribution in [3.63, 3.8) is 0 Å². The Labute approximate surface area is 145 Å². The van der Waals surface area contributed by atoms with E-state index in [1.165, 1.54) is 6.92 Å². The third-order valence-electron chi connectivity index (χ3n) is 5.63. The van der Waals surface area contributed by atoms with Crippen LogP contribution in [0.1, 0.15) is 18.9 Å². The van der Waals surface area contributed by atoms with Gasteiger partial charge in [0.05, 0.1) is 17.6 Å². The summed E-state index contributed by atoms with van der Waals surface area (Å²) in [5, 5.41) is 6.15. The van der Waals surface area contributed by atoms with E-state index in [0.717, 1.165) is 17.7 Å². The minimum Gasteiger partial charge on any atom is -0.291 e. The number of carbonyl (C=O) groups is 2. The highest BCUT2D eigenvalue weighted by atomic mass is 16.2. The zero-order chi connectivity index (χ0) is 17.3. The van der Waals surface area contributed by atoms with Crippen LogP contribution in [0.4, 0.5) is 5.69 Å². The van der Waals surface area contributed by atoms with Crippen molar-refractivity contribution in [3.8, 4) is 0 Å². The van der Waals surface area contributed by atoms with Gasteiger partial charge in [0.15, 0.2) is 11.6 Å². The van der Waals surface area contributed by atoms with E-state index in [1.807, 2.05) is 36.1 Å². The molecule has 0 saturated heterocycles. The maximum Gasteiger partial charge on any atom is 0.254 e. The summed E-state index contributed by atoms with van der Waals surface area (Å²) in [5.41, 5.74) is 1.94. The molecule has 4 aliphatic rings. The molecule has 0 N–H and O–H groups in total. The molecule has 6 nitrogen and oxygen atoms in total. The van der Waals surface area contributed by atoms with E-state index in [2.05, 4.69) is 22.2 Å². The van der Waals surface area contributed by atoms with E-state index in [4.69, 9.17) is 0 Å². The molecule has 2 bridgehead atoms. The first-order chi connectivity index (χ1) is 12.0. The van der Waals surface area contributed by atoms with Crippen molar-refractivity contribution < 1.29 is 9.59 Å². The average molecular weight is 334 g/mol. The molecule has 2 aliphatic carbocycles. The smallest absolute Gasteiger partial charge is 0.254 e. The van der Waals surface area contributed by atoms with Crippen molar-refractivity contribution in [3.05, 3.63) is 42.0 Å². The standard InChI is InChI=1S/C19H18N4O2/c1-10-3-7-14(8-4-10)23-19-20-18(25)15-12-5-6-13(9-12)16(15)22(19)17(21-23)11(2)24/h3-8,12-13,15-16H,9H2,1-2H3/t12-,13+,15+,16-/m0/s1. The first-order valence-corrected chi connectivity index (χ1v) is 8.61. The predicted molar refractivity (Wildman–Crippen MR) is 94.1 cm³/mol. The van der Waals surface area contributed by atoms with Crippen LogP contribution in [0, 0.1) is 24.7 Å². The number of anilines is 1. The summed E-state index contributed by atoms with van der Waals surface area (Å²) in [6.45, 7) is 3.53. The van der Waals surface area contributed by atoms with E-state index in [-0.39, 0.29) is 35.5 Å². The summed E-state index contributed by atoms with van der Waals surface area (Å²) in [7, 11) is 0. The fourth-order valence-corrected chi connectivity index (χ4v) is 4.51. The monoisotopic (exact) mass is 334 g/mol. The molecule has 0 radical (unpaired) electrons. The Morgan fingerprint density at radius 1 is 1.16 bits per heavy atom. The molecule has 5 rings (SSSR count). The van der Waals surface area contributed by atoms with Crippen LogP contribution in [-0.2, 0) is 9.59 Å². The number of amides is 1. The zero-order valence-electron chi connectivity index (χ0n) is 14.1. The summed E-state index contributed by atoms with van der Waals surface area (Å²) >= 11 is 0. The molecule has 2 heterocycles. The number of amidine groups is 1. The van der Waals surface area contributed by atoms with Crippen LogP contribution < -0.4 is 5.01 Å². The van der Waals surface area contributed by atoms with Gasteiger partial charge in [-0.05, 0) is 37.3 Å². The highest BCUT2D eigenvalue weighted by Gasteiger charge is 2.57. The fourth-order valence-electron chi connectivity index (χ4n) is 4.51. The number of hydrogen-bond donors (Lipinski definition) is 0. The van der Waals surface area contributed by atoms with Gasteiger partial charge in [-0.25, -0.2) is 0 Å². The molecular weight excluding hydrogens is 316 g/mol. The molecule has 2 aliphatic heterocycles. The second-order valence-electron chi connectivity index (χ2n) is 7.21. The number of carbonyl (C=O) groups excluding carboxylic acids is 2. The fraction of sp³-hybridized carbons (Fsp3) is 0.368. The number of aryl methyl sites for hydroxylation is 1. The number of fused-ring (bicyclic) bond motifs is 7. The largest absolute Gasteiger partial charge is 0.291 e. The average Bonchev–Trinajstić information content (AvgIpc) is 3.28. The highest BCUT2D eigenvalue weighted by Crippen LogP contribution is 2.49. The molecular formula is C19H18N4O2. The topological polar surface area (TPSA) is 65.3 Å². The van der Waals surface area contributed by atoms with E-state index in [0.29, 0.717) is 11.8 Å². The molecule has 0 unspecified atom stereocenters. The van der Waals surface area contributed by atoms with E-state index >= 15 is 0 Å². The molecule has 0 spiro atoms. The lowest BCUT2D eigenvalue weighted by Crippen LogP contribution is -2.56. The summed E-state index contributed by atoms with van der Waals surface area (Å²) < 4.78 is 0. The first-order valence-electron chi connectivity index (χ1n) is 8.61. The molecule has 1 saturated carbocycles. The number of ketones is 1. The van der Waals surface area contributed by atoms with Crippen LogP contribution in [-0.4, -0.2) is 34.4 Å². The Balaban J connectivity index is 1.64. The van der Waals surface area contributed by atoms with Crippen LogP contribution in [0.2, 0.25) is 0 Å². The van der Waals surface area contributed by atoms with Crippen LogP contribution >= 0.6 is 0 Å². The molecule has 1 fully saturated rings. The molecule has 6 heteroatoms. The van der Waals surface area contributed by atoms with Crippen molar-refractivity contribution in [2.24, 2.45) is 27.8 Å². The molecule has 1 aromatic rings. The maximum absolute atomic E-state index is 12.7. The quantitative estimate of drug-likeness (QED) is 0.777. The van der Waals surface area contributed by atoms with Crippen molar-refractivity contribution in [1.82, 2.24) is 4.90 Å². The van der Waals surface area contributed by atoms with Gasteiger partial charge in [0.2, 0.25) is 5.96 Å². The summed E-state index contributed by atoms with van der Waals surface area (Å²) in [6, 6.07) is 7.78. The molecule has 1 aromatic carbocycles. The third kappa shape index (κ3) is 1.91. The van der Waals surface area contributed by atoms with Crippen molar-refractivity contribution in [2.75, 3.05) is 5.01 Å². The van der Waals surface area contributed by atoms with E-state index in [1.54, 1.807) is 5.01 Å². The van der Waals surface area contributed by atoms with Crippen LogP contribution in [0.15, 0.2) is 46.5 Å². The number of Topliss-reactive ketones (excluding diaryl/α,β-unsaturated/α-hetero) is 1. The van der Waals surface area contributed by atoms with Gasteiger partial charge in [0.25, 0.3) is 5.91 Å². The van der Waals surface area contributed by atoms with Gasteiger partial charge in [-0.3, -0.25) is 14.5 Å². The van der Waals surface area contributed by atoms with Gasteiger partial charge in [-0.15, -0.1) is 5.10 Å². The SMILES string of the molecule is CC(=O)C1=NN(c2ccc(C)cc2)C2=NC(=O)[C@H]3[C@H]([C@@H]4C=C[C@H]3C4)N12. The molecule has 1 amide bonds. The van der Waals surface area contributed by atoms with Crippen molar-refractivity contribution in [1.29, 1.82) is 0 Å². The highest BCUT2D eigenvalue weighted by molar-refractivity contribution is 6.44. The Bertz CT molecular complexity index is 883. The number of hydrazone groups is 1. The summed E-state index contributed by atoms with van der Waals surface area (Å²) in [4.78, 5) is 31.2. The lowest BCUT2D eigenvalue weighted by molar-refractivity contribution is -0.124. The van der Waals surface area contributed by atoms with Gasteiger partial charge in [-0.1, -0.05) is 29.8 Å². The summed E-state index contributed by atoms with van der Waals surface area (Å²) in [5.74, 6) is 0.971. The van der Waals surface area contributed by atoms with E-state index < -0.39 is 0 Å². The number of hydrogen-bond acceptors (Lipinski definition) is 5. The zero-order valence-corrected chi connectivity index (χ0v) is 14.1. The van der Waals surface area contributed by atoms with Crippen LogP contribution in [0.25, 0.3) is 0 Å². The number of aliphatic imine (C=N–C) groups is 1. The first kappa shape index (κ1) is 14.6. The minimum absolute atomic E-state index is 0.0481. The number of benzene rings is 1.